The minimum absolute atomic E-state index is 0. The largest absolute Gasteiger partial charge is 0.315 e. The van der Waals surface area contributed by atoms with Crippen molar-refractivity contribution in [1.82, 2.24) is 10.0 Å². The van der Waals surface area contributed by atoms with E-state index in [1.807, 2.05) is 6.92 Å². The van der Waals surface area contributed by atoms with Crippen LogP contribution < -0.4 is 10.0 Å². The molecular formula is C7H17ClN2O2S. The van der Waals surface area contributed by atoms with E-state index in [4.69, 9.17) is 0 Å². The molecule has 13 heavy (non-hydrogen) atoms. The van der Waals surface area contributed by atoms with Crippen LogP contribution in [0.4, 0.5) is 0 Å². The highest BCUT2D eigenvalue weighted by molar-refractivity contribution is 7.89. The Hall–Kier alpha value is 0.160. The predicted molar refractivity (Wildman–Crippen MR) is 55.7 cm³/mol. The maximum atomic E-state index is 11.2. The van der Waals surface area contributed by atoms with E-state index in [1.54, 1.807) is 0 Å². The lowest BCUT2D eigenvalue weighted by molar-refractivity contribution is 0.559. The monoisotopic (exact) mass is 228 g/mol. The smallest absolute Gasteiger partial charge is 0.211 e. The van der Waals surface area contributed by atoms with Crippen molar-refractivity contribution in [2.75, 3.05) is 18.8 Å². The van der Waals surface area contributed by atoms with Gasteiger partial charge in [-0.3, -0.25) is 0 Å². The molecule has 1 aliphatic rings. The molecule has 0 radical (unpaired) electrons. The van der Waals surface area contributed by atoms with Gasteiger partial charge in [0, 0.05) is 12.6 Å². The maximum absolute atomic E-state index is 11.2. The van der Waals surface area contributed by atoms with Crippen LogP contribution in [0.25, 0.3) is 0 Å². The minimum atomic E-state index is -3.01. The summed E-state index contributed by atoms with van der Waals surface area (Å²) in [7, 11) is -3.01. The van der Waals surface area contributed by atoms with Gasteiger partial charge in [-0.1, -0.05) is 6.92 Å². The molecule has 1 saturated heterocycles. The van der Waals surface area contributed by atoms with Gasteiger partial charge in [0.25, 0.3) is 0 Å². The minimum Gasteiger partial charge on any atom is -0.315 e. The number of hydrogen-bond acceptors (Lipinski definition) is 3. The van der Waals surface area contributed by atoms with E-state index < -0.39 is 10.0 Å². The highest BCUT2D eigenvalue weighted by atomic mass is 35.5. The van der Waals surface area contributed by atoms with Crippen molar-refractivity contribution < 1.29 is 8.42 Å². The first-order chi connectivity index (χ1) is 5.64. The molecule has 1 atom stereocenters. The van der Waals surface area contributed by atoms with E-state index in [0.717, 1.165) is 19.5 Å². The predicted octanol–water partition coefficient (Wildman–Crippen LogP) is 0.0995. The Kier molecular flexibility index (Phi) is 5.87. The molecule has 2 N–H and O–H groups in total. The molecule has 0 spiro atoms. The zero-order chi connectivity index (χ0) is 9.03. The van der Waals surface area contributed by atoms with Crippen molar-refractivity contribution in [3.8, 4) is 0 Å². The van der Waals surface area contributed by atoms with Crippen LogP contribution in [0.5, 0.6) is 0 Å². The van der Waals surface area contributed by atoms with E-state index >= 15 is 0 Å². The molecule has 0 bridgehead atoms. The molecule has 80 valence electrons. The second kappa shape index (κ2) is 5.80. The zero-order valence-corrected chi connectivity index (χ0v) is 9.38. The Labute approximate surface area is 85.9 Å². The summed E-state index contributed by atoms with van der Waals surface area (Å²) in [5, 5.41) is 3.11. The lowest BCUT2D eigenvalue weighted by Crippen LogP contribution is -2.37. The standard InChI is InChI=1S/C7H16N2O2S.ClH/c1-2-5-12(10,11)9-7-3-4-8-6-7;/h7-9H,2-6H2,1H3;1H/t7-;/m0./s1. The summed E-state index contributed by atoms with van der Waals surface area (Å²) in [5.41, 5.74) is 0. The third-order valence-corrected chi connectivity index (χ3v) is 3.52. The molecule has 4 nitrogen and oxygen atoms in total. The molecule has 0 amide bonds. The van der Waals surface area contributed by atoms with Crippen LogP contribution in [0.1, 0.15) is 19.8 Å². The topological polar surface area (TPSA) is 58.2 Å². The molecular weight excluding hydrogens is 212 g/mol. The Morgan fingerprint density at radius 3 is 2.69 bits per heavy atom. The summed E-state index contributed by atoms with van der Waals surface area (Å²) in [6.07, 6.45) is 1.58. The maximum Gasteiger partial charge on any atom is 0.211 e. The fourth-order valence-electron chi connectivity index (χ4n) is 1.34. The Morgan fingerprint density at radius 1 is 1.54 bits per heavy atom. The molecule has 0 aromatic rings. The fourth-order valence-corrected chi connectivity index (χ4v) is 2.70. The molecule has 0 aromatic heterocycles. The van der Waals surface area contributed by atoms with Crippen LogP contribution in [-0.2, 0) is 10.0 Å². The molecule has 1 aliphatic heterocycles. The van der Waals surface area contributed by atoms with Gasteiger partial charge in [0.05, 0.1) is 5.75 Å². The van der Waals surface area contributed by atoms with Crippen molar-refractivity contribution >= 4 is 22.4 Å². The van der Waals surface area contributed by atoms with Gasteiger partial charge < -0.3 is 5.32 Å². The van der Waals surface area contributed by atoms with Gasteiger partial charge in [0.15, 0.2) is 0 Å². The second-order valence-electron chi connectivity index (χ2n) is 3.13. The molecule has 0 saturated carbocycles. The van der Waals surface area contributed by atoms with Crippen LogP contribution in [-0.4, -0.2) is 33.3 Å². The fraction of sp³-hybridized carbons (Fsp3) is 1.00. The molecule has 0 unspecified atom stereocenters. The van der Waals surface area contributed by atoms with E-state index in [-0.39, 0.29) is 24.2 Å². The van der Waals surface area contributed by atoms with Crippen molar-refractivity contribution in [3.63, 3.8) is 0 Å². The zero-order valence-electron chi connectivity index (χ0n) is 7.75. The van der Waals surface area contributed by atoms with E-state index in [9.17, 15) is 8.42 Å². The lowest BCUT2D eigenvalue weighted by atomic mass is 10.3. The van der Waals surface area contributed by atoms with E-state index in [0.29, 0.717) is 6.42 Å². The molecule has 0 aliphatic carbocycles. The van der Waals surface area contributed by atoms with Crippen molar-refractivity contribution in [2.45, 2.75) is 25.8 Å². The first-order valence-electron chi connectivity index (χ1n) is 4.35. The number of rotatable bonds is 4. The van der Waals surface area contributed by atoms with Crippen LogP contribution in [0.2, 0.25) is 0 Å². The van der Waals surface area contributed by atoms with E-state index in [1.165, 1.54) is 0 Å². The number of hydrogen-bond donors (Lipinski definition) is 2. The lowest BCUT2D eigenvalue weighted by Gasteiger charge is -2.10. The van der Waals surface area contributed by atoms with Crippen LogP contribution in [0.3, 0.4) is 0 Å². The number of halogens is 1. The summed E-state index contributed by atoms with van der Waals surface area (Å²) in [6, 6.07) is 0.113. The van der Waals surface area contributed by atoms with Crippen molar-refractivity contribution in [2.24, 2.45) is 0 Å². The summed E-state index contributed by atoms with van der Waals surface area (Å²) in [5.74, 6) is 0.240. The van der Waals surface area contributed by atoms with Gasteiger partial charge in [-0.15, -0.1) is 12.4 Å². The van der Waals surface area contributed by atoms with Gasteiger partial charge in [0.1, 0.15) is 0 Å². The summed E-state index contributed by atoms with van der Waals surface area (Å²) < 4.78 is 25.2. The Balaban J connectivity index is 0.00000144. The normalized spacial score (nSPS) is 22.7. The van der Waals surface area contributed by atoms with Gasteiger partial charge in [-0.2, -0.15) is 0 Å². The summed E-state index contributed by atoms with van der Waals surface area (Å²) in [4.78, 5) is 0. The van der Waals surface area contributed by atoms with Crippen molar-refractivity contribution in [3.05, 3.63) is 0 Å². The first kappa shape index (κ1) is 13.2. The quantitative estimate of drug-likeness (QED) is 0.718. The molecule has 1 heterocycles. The van der Waals surface area contributed by atoms with E-state index in [2.05, 4.69) is 10.0 Å². The summed E-state index contributed by atoms with van der Waals surface area (Å²) in [6.45, 7) is 3.55. The third-order valence-electron chi connectivity index (χ3n) is 1.88. The van der Waals surface area contributed by atoms with Crippen LogP contribution >= 0.6 is 12.4 Å². The molecule has 0 aromatic carbocycles. The highest BCUT2D eigenvalue weighted by Gasteiger charge is 2.19. The van der Waals surface area contributed by atoms with Crippen LogP contribution in [0.15, 0.2) is 0 Å². The Bertz CT molecular complexity index is 225. The summed E-state index contributed by atoms with van der Waals surface area (Å²) >= 11 is 0. The second-order valence-corrected chi connectivity index (χ2v) is 5.00. The first-order valence-corrected chi connectivity index (χ1v) is 6.00. The number of sulfonamides is 1. The van der Waals surface area contributed by atoms with Crippen molar-refractivity contribution in [1.29, 1.82) is 0 Å². The van der Waals surface area contributed by atoms with Gasteiger partial charge in [-0.25, -0.2) is 13.1 Å². The average Bonchev–Trinajstić information content (AvgIpc) is 2.38. The molecule has 1 fully saturated rings. The van der Waals surface area contributed by atoms with Gasteiger partial charge in [0.2, 0.25) is 10.0 Å². The SMILES string of the molecule is CCCS(=O)(=O)N[C@H]1CCNC1.Cl. The Morgan fingerprint density at radius 2 is 2.23 bits per heavy atom. The van der Waals surface area contributed by atoms with Gasteiger partial charge in [-0.05, 0) is 19.4 Å². The van der Waals surface area contributed by atoms with Gasteiger partial charge >= 0.3 is 0 Å². The highest BCUT2D eigenvalue weighted by Crippen LogP contribution is 2.00. The third kappa shape index (κ3) is 4.81. The molecule has 1 rings (SSSR count). The average molecular weight is 229 g/mol. The molecule has 6 heteroatoms. The van der Waals surface area contributed by atoms with Crippen LogP contribution in [0, 0.1) is 0 Å². The number of nitrogens with one attached hydrogen (secondary N) is 2.